The second-order valence-electron chi connectivity index (χ2n) is 5.46. The molecule has 0 N–H and O–H groups in total. The highest BCUT2D eigenvalue weighted by Crippen LogP contribution is 2.29. The highest BCUT2D eigenvalue weighted by molar-refractivity contribution is 6.07. The van der Waals surface area contributed by atoms with Crippen molar-refractivity contribution >= 4 is 11.6 Å². The van der Waals surface area contributed by atoms with Crippen molar-refractivity contribution in [3.8, 4) is 5.88 Å². The van der Waals surface area contributed by atoms with Crippen LogP contribution in [0.3, 0.4) is 0 Å². The third-order valence-corrected chi connectivity index (χ3v) is 4.06. The van der Waals surface area contributed by atoms with Gasteiger partial charge in [-0.1, -0.05) is 23.4 Å². The highest BCUT2D eigenvalue weighted by atomic mass is 16.5. The summed E-state index contributed by atoms with van der Waals surface area (Å²) < 4.78 is 7.05. The maximum atomic E-state index is 13.2. The van der Waals surface area contributed by atoms with E-state index in [1.165, 1.54) is 7.11 Å². The fourth-order valence-electron chi connectivity index (χ4n) is 2.89. The van der Waals surface area contributed by atoms with Crippen LogP contribution in [0.4, 0.5) is 5.69 Å². The molecule has 1 amide bonds. The van der Waals surface area contributed by atoms with Crippen molar-refractivity contribution in [1.82, 2.24) is 20.0 Å². The van der Waals surface area contributed by atoms with Crippen LogP contribution in [0.5, 0.6) is 5.88 Å². The van der Waals surface area contributed by atoms with Gasteiger partial charge in [0.05, 0.1) is 32.1 Å². The number of ether oxygens (including phenoxy) is 1. The molecule has 0 fully saturated rings. The number of benzene rings is 1. The Balaban J connectivity index is 1.83. The fraction of sp³-hybridized carbons (Fsp3) is 0.176. The number of fused-ring (bicyclic) bond motifs is 2. The third kappa shape index (κ3) is 2.30. The van der Waals surface area contributed by atoms with Gasteiger partial charge in [-0.3, -0.25) is 4.79 Å². The Labute approximate surface area is 138 Å². The largest absolute Gasteiger partial charge is 0.480 e. The molecule has 0 saturated carbocycles. The summed E-state index contributed by atoms with van der Waals surface area (Å²) >= 11 is 0. The standard InChI is InChI=1S/C17H15N5O2/c1-24-16-14(6-4-8-18-16)17(23)21-11-13-9-19-20-22(13)10-12-5-2-3-7-15(12)21/h2-9H,10-11H2,1H3. The number of hydrogen-bond acceptors (Lipinski definition) is 5. The maximum Gasteiger partial charge on any atom is 0.264 e. The van der Waals surface area contributed by atoms with Crippen LogP contribution in [0.1, 0.15) is 21.6 Å². The first-order chi connectivity index (χ1) is 11.8. The lowest BCUT2D eigenvalue weighted by Crippen LogP contribution is -2.31. The van der Waals surface area contributed by atoms with Crippen LogP contribution in [0.15, 0.2) is 48.8 Å². The van der Waals surface area contributed by atoms with Gasteiger partial charge in [-0.05, 0) is 23.8 Å². The van der Waals surface area contributed by atoms with Gasteiger partial charge in [-0.25, -0.2) is 9.67 Å². The van der Waals surface area contributed by atoms with Gasteiger partial charge in [-0.15, -0.1) is 5.10 Å². The van der Waals surface area contributed by atoms with Crippen LogP contribution in [-0.2, 0) is 13.1 Å². The Hall–Kier alpha value is -3.22. The molecule has 0 radical (unpaired) electrons. The number of pyridine rings is 1. The normalized spacial score (nSPS) is 13.0. The van der Waals surface area contributed by atoms with Crippen molar-refractivity contribution in [2.24, 2.45) is 0 Å². The minimum Gasteiger partial charge on any atom is -0.480 e. The third-order valence-electron chi connectivity index (χ3n) is 4.06. The van der Waals surface area contributed by atoms with E-state index in [2.05, 4.69) is 15.3 Å². The molecule has 0 saturated heterocycles. The Morgan fingerprint density at radius 2 is 2.04 bits per heavy atom. The van der Waals surface area contributed by atoms with Crippen LogP contribution in [0.2, 0.25) is 0 Å². The van der Waals surface area contributed by atoms with E-state index >= 15 is 0 Å². The number of aromatic nitrogens is 4. The molecule has 0 bridgehead atoms. The molecular formula is C17H15N5O2. The second-order valence-corrected chi connectivity index (χ2v) is 5.46. The van der Waals surface area contributed by atoms with Gasteiger partial charge < -0.3 is 9.64 Å². The average Bonchev–Trinajstić information content (AvgIpc) is 3.00. The van der Waals surface area contributed by atoms with Gasteiger partial charge in [-0.2, -0.15) is 0 Å². The molecule has 0 spiro atoms. The summed E-state index contributed by atoms with van der Waals surface area (Å²) in [4.78, 5) is 19.0. The fourth-order valence-corrected chi connectivity index (χ4v) is 2.89. The first-order valence-corrected chi connectivity index (χ1v) is 7.54. The molecule has 3 aromatic rings. The highest BCUT2D eigenvalue weighted by Gasteiger charge is 2.27. The number of amides is 1. The topological polar surface area (TPSA) is 73.1 Å². The van der Waals surface area contributed by atoms with Crippen LogP contribution < -0.4 is 9.64 Å². The van der Waals surface area contributed by atoms with Crippen molar-refractivity contribution in [3.05, 3.63) is 65.6 Å². The Kier molecular flexibility index (Phi) is 3.45. The van der Waals surface area contributed by atoms with E-state index in [0.29, 0.717) is 24.5 Å². The first-order valence-electron chi connectivity index (χ1n) is 7.54. The van der Waals surface area contributed by atoms with Gasteiger partial charge >= 0.3 is 0 Å². The maximum absolute atomic E-state index is 13.2. The molecule has 1 aliphatic heterocycles. The minimum atomic E-state index is -0.165. The van der Waals surface area contributed by atoms with Crippen molar-refractivity contribution in [2.75, 3.05) is 12.0 Å². The summed E-state index contributed by atoms with van der Waals surface area (Å²) in [5.74, 6) is 0.151. The van der Waals surface area contributed by atoms with Crippen LogP contribution in [0, 0.1) is 0 Å². The van der Waals surface area contributed by atoms with Gasteiger partial charge in [0, 0.05) is 11.9 Å². The SMILES string of the molecule is COc1ncccc1C(=O)N1Cc2cnnn2Cc2ccccc21. The van der Waals surface area contributed by atoms with Crippen LogP contribution >= 0.6 is 0 Å². The lowest BCUT2D eigenvalue weighted by Gasteiger charge is -2.23. The lowest BCUT2D eigenvalue weighted by atomic mass is 10.1. The molecular weight excluding hydrogens is 306 g/mol. The number of rotatable bonds is 2. The molecule has 7 heteroatoms. The number of hydrogen-bond donors (Lipinski definition) is 0. The van der Waals surface area contributed by atoms with Crippen molar-refractivity contribution < 1.29 is 9.53 Å². The zero-order chi connectivity index (χ0) is 16.5. The monoisotopic (exact) mass is 321 g/mol. The Bertz CT molecular complexity index is 905. The first kappa shape index (κ1) is 14.4. The zero-order valence-corrected chi connectivity index (χ0v) is 13.1. The van der Waals surface area contributed by atoms with Crippen molar-refractivity contribution in [2.45, 2.75) is 13.1 Å². The number of methoxy groups -OCH3 is 1. The summed E-state index contributed by atoms with van der Waals surface area (Å²) in [5, 5.41) is 8.06. The zero-order valence-electron chi connectivity index (χ0n) is 13.1. The number of carbonyl (C=O) groups excluding carboxylic acids is 1. The quantitative estimate of drug-likeness (QED) is 0.720. The van der Waals surface area contributed by atoms with Gasteiger partial charge in [0.2, 0.25) is 5.88 Å². The van der Waals surface area contributed by atoms with Crippen molar-refractivity contribution in [3.63, 3.8) is 0 Å². The van der Waals surface area contributed by atoms with E-state index < -0.39 is 0 Å². The summed E-state index contributed by atoms with van der Waals surface area (Å²) in [7, 11) is 1.51. The van der Waals surface area contributed by atoms with E-state index in [1.54, 1.807) is 29.4 Å². The molecule has 24 heavy (non-hydrogen) atoms. The minimum absolute atomic E-state index is 0.165. The van der Waals surface area contributed by atoms with Crippen LogP contribution in [0.25, 0.3) is 0 Å². The van der Waals surface area contributed by atoms with Gasteiger partial charge in [0.15, 0.2) is 0 Å². The average molecular weight is 321 g/mol. The summed E-state index contributed by atoms with van der Waals surface area (Å²) in [5.41, 5.74) is 3.18. The summed E-state index contributed by atoms with van der Waals surface area (Å²) in [6.45, 7) is 0.973. The molecule has 1 aromatic carbocycles. The molecule has 3 heterocycles. The summed E-state index contributed by atoms with van der Waals surface area (Å²) in [6, 6.07) is 11.3. The number of anilines is 1. The Morgan fingerprint density at radius 1 is 1.17 bits per heavy atom. The molecule has 120 valence electrons. The van der Waals surface area contributed by atoms with E-state index in [1.807, 2.05) is 28.9 Å². The predicted molar refractivity (Wildman–Crippen MR) is 86.9 cm³/mol. The molecule has 2 aromatic heterocycles. The van der Waals surface area contributed by atoms with Gasteiger partial charge in [0.1, 0.15) is 5.56 Å². The van der Waals surface area contributed by atoms with E-state index in [-0.39, 0.29) is 5.91 Å². The Morgan fingerprint density at radius 3 is 2.92 bits per heavy atom. The predicted octanol–water partition coefficient (Wildman–Crippen LogP) is 1.89. The molecule has 0 unspecified atom stereocenters. The van der Waals surface area contributed by atoms with Gasteiger partial charge in [0.25, 0.3) is 5.91 Å². The number of carbonyl (C=O) groups is 1. The second kappa shape index (κ2) is 5.77. The molecule has 4 rings (SSSR count). The molecule has 7 nitrogen and oxygen atoms in total. The van der Waals surface area contributed by atoms with E-state index in [9.17, 15) is 4.79 Å². The van der Waals surface area contributed by atoms with Crippen LogP contribution in [-0.4, -0.2) is 33.0 Å². The molecule has 0 aliphatic carbocycles. The summed E-state index contributed by atoms with van der Waals surface area (Å²) in [6.07, 6.45) is 3.29. The number of para-hydroxylation sites is 1. The molecule has 0 atom stereocenters. The smallest absolute Gasteiger partial charge is 0.264 e. The number of nitrogens with zero attached hydrogens (tertiary/aromatic N) is 5. The lowest BCUT2D eigenvalue weighted by molar-refractivity contribution is 0.0981. The van der Waals surface area contributed by atoms with E-state index in [0.717, 1.165) is 16.9 Å². The molecule has 1 aliphatic rings. The van der Waals surface area contributed by atoms with Crippen molar-refractivity contribution in [1.29, 1.82) is 0 Å². The van der Waals surface area contributed by atoms with E-state index in [4.69, 9.17) is 4.74 Å².